The van der Waals surface area contributed by atoms with Crippen LogP contribution in [-0.2, 0) is 4.79 Å². The van der Waals surface area contributed by atoms with Gasteiger partial charge in [-0.15, -0.1) is 11.3 Å². The molecule has 3 N–H and O–H groups in total. The Kier molecular flexibility index (Phi) is 7.60. The second-order valence-corrected chi connectivity index (χ2v) is 9.19. The Labute approximate surface area is 178 Å². The van der Waals surface area contributed by atoms with Crippen LogP contribution in [0.15, 0.2) is 42.5 Å². The molecule has 0 bridgehead atoms. The number of carboxylic acid groups (broad SMARTS) is 1. The number of thiophene rings is 1. The number of carbonyl (C=O) groups is 1. The third-order valence-corrected chi connectivity index (χ3v) is 7.11. The van der Waals surface area contributed by atoms with Crippen LogP contribution in [0.2, 0.25) is 0 Å². The largest absolute Gasteiger partial charge is 0.481 e. The number of alkyl halides is 2. The smallest absolute Gasteiger partial charge is 0.303 e. The van der Waals surface area contributed by atoms with Gasteiger partial charge in [-0.1, -0.05) is 30.4 Å². The fourth-order valence-corrected chi connectivity index (χ4v) is 5.38. The van der Waals surface area contributed by atoms with Gasteiger partial charge in [-0.05, 0) is 55.5 Å². The number of hydrogen-bond acceptors (Lipinski definition) is 4. The van der Waals surface area contributed by atoms with Gasteiger partial charge < -0.3 is 15.3 Å². The number of aliphatic hydroxyl groups is 2. The predicted octanol–water partition coefficient (Wildman–Crippen LogP) is 5.55. The quantitative estimate of drug-likeness (QED) is 0.336. The van der Waals surface area contributed by atoms with Gasteiger partial charge in [0.15, 0.2) is 0 Å². The average Bonchev–Trinajstić information content (AvgIpc) is 3.20. The van der Waals surface area contributed by atoms with Crippen molar-refractivity contribution in [2.45, 2.75) is 63.1 Å². The Morgan fingerprint density at radius 1 is 1.30 bits per heavy atom. The molecule has 1 aromatic carbocycles. The molecule has 1 aliphatic carbocycles. The highest BCUT2D eigenvalue weighted by molar-refractivity contribution is 7.19. The summed E-state index contributed by atoms with van der Waals surface area (Å²) in [6.45, 7) is 0. The van der Waals surface area contributed by atoms with Crippen molar-refractivity contribution >= 4 is 27.4 Å². The zero-order chi connectivity index (χ0) is 21.7. The van der Waals surface area contributed by atoms with E-state index in [0.29, 0.717) is 19.3 Å². The summed E-state index contributed by atoms with van der Waals surface area (Å²) in [5, 5.41) is 30.4. The van der Waals surface area contributed by atoms with E-state index < -0.39 is 42.4 Å². The number of halogens is 2. The lowest BCUT2D eigenvalue weighted by Gasteiger charge is -2.25. The number of aliphatic carboxylic acids is 1. The number of fused-ring (bicyclic) bond motifs is 1. The van der Waals surface area contributed by atoms with Gasteiger partial charge in [-0.3, -0.25) is 4.79 Å². The Hall–Kier alpha value is -1.83. The van der Waals surface area contributed by atoms with Crippen molar-refractivity contribution in [3.63, 3.8) is 0 Å². The third kappa shape index (κ3) is 5.65. The van der Waals surface area contributed by atoms with E-state index in [9.17, 15) is 23.8 Å². The standard InChI is InChI=1S/C23H28F2O4S/c24-23(25)14-19(27)16(8-3-1-2-4-10-22(28)29)17(23)11-12-18(26)21-13-15-7-5-6-9-20(15)30-21/h1,3,5-7,9,13,16-19,26-27H,2,4,8,10-12,14H2,(H,28,29)/t16-,17-,18?,19+/m1/s1. The lowest BCUT2D eigenvalue weighted by atomic mass is 9.85. The molecule has 1 heterocycles. The topological polar surface area (TPSA) is 77.8 Å². The molecule has 3 rings (SSSR count). The van der Waals surface area contributed by atoms with Gasteiger partial charge in [-0.25, -0.2) is 8.78 Å². The number of hydrogen-bond donors (Lipinski definition) is 3. The van der Waals surface area contributed by atoms with Gasteiger partial charge in [0.05, 0.1) is 12.2 Å². The summed E-state index contributed by atoms with van der Waals surface area (Å²) in [7, 11) is 0. The van der Waals surface area contributed by atoms with Crippen molar-refractivity contribution in [3.05, 3.63) is 47.4 Å². The first-order valence-corrected chi connectivity index (χ1v) is 11.2. The summed E-state index contributed by atoms with van der Waals surface area (Å²) in [5.74, 6) is -5.36. The minimum absolute atomic E-state index is 0.0761. The van der Waals surface area contributed by atoms with Crippen LogP contribution in [0, 0.1) is 11.8 Å². The van der Waals surface area contributed by atoms with Crippen molar-refractivity contribution in [1.82, 2.24) is 0 Å². The predicted molar refractivity (Wildman–Crippen MR) is 114 cm³/mol. The minimum Gasteiger partial charge on any atom is -0.481 e. The zero-order valence-corrected chi connectivity index (χ0v) is 17.5. The van der Waals surface area contributed by atoms with E-state index in [2.05, 4.69) is 0 Å². The van der Waals surface area contributed by atoms with Crippen molar-refractivity contribution in [1.29, 1.82) is 0 Å². The number of carboxylic acids is 1. The number of allylic oxidation sites excluding steroid dienone is 2. The molecule has 1 fully saturated rings. The maximum atomic E-state index is 14.5. The van der Waals surface area contributed by atoms with Crippen molar-refractivity contribution in [2.24, 2.45) is 11.8 Å². The first-order chi connectivity index (χ1) is 14.3. The number of unbranched alkanes of at least 4 members (excludes halogenated alkanes) is 1. The van der Waals surface area contributed by atoms with Crippen LogP contribution in [0.3, 0.4) is 0 Å². The number of benzene rings is 1. The molecular weight excluding hydrogens is 410 g/mol. The van der Waals surface area contributed by atoms with Crippen LogP contribution < -0.4 is 0 Å². The lowest BCUT2D eigenvalue weighted by Crippen LogP contribution is -2.26. The van der Waals surface area contributed by atoms with Crippen LogP contribution in [0.25, 0.3) is 10.1 Å². The van der Waals surface area contributed by atoms with Gasteiger partial charge in [0.2, 0.25) is 0 Å². The van der Waals surface area contributed by atoms with Crippen molar-refractivity contribution < 1.29 is 28.9 Å². The minimum atomic E-state index is -2.96. The molecule has 4 atom stereocenters. The van der Waals surface area contributed by atoms with Crippen molar-refractivity contribution in [3.8, 4) is 0 Å². The summed E-state index contributed by atoms with van der Waals surface area (Å²) >= 11 is 1.47. The molecule has 7 heteroatoms. The van der Waals surface area contributed by atoms with Gasteiger partial charge >= 0.3 is 5.97 Å². The fourth-order valence-electron chi connectivity index (χ4n) is 4.30. The van der Waals surface area contributed by atoms with Crippen LogP contribution in [0.4, 0.5) is 8.78 Å². The molecule has 1 saturated carbocycles. The summed E-state index contributed by atoms with van der Waals surface area (Å²) in [5.41, 5.74) is 0. The van der Waals surface area contributed by atoms with E-state index >= 15 is 0 Å². The van der Waals surface area contributed by atoms with E-state index in [1.807, 2.05) is 30.3 Å². The molecule has 0 amide bonds. The molecule has 0 radical (unpaired) electrons. The monoisotopic (exact) mass is 438 g/mol. The number of aliphatic hydroxyl groups excluding tert-OH is 2. The normalized spacial score (nSPS) is 24.6. The van der Waals surface area contributed by atoms with Crippen molar-refractivity contribution in [2.75, 3.05) is 0 Å². The van der Waals surface area contributed by atoms with Gasteiger partial charge in [0.1, 0.15) is 0 Å². The van der Waals surface area contributed by atoms with Crippen LogP contribution in [0.5, 0.6) is 0 Å². The van der Waals surface area contributed by atoms with E-state index in [4.69, 9.17) is 5.11 Å². The first kappa shape index (κ1) is 22.8. The summed E-state index contributed by atoms with van der Waals surface area (Å²) in [6, 6.07) is 9.68. The lowest BCUT2D eigenvalue weighted by molar-refractivity contribution is -0.137. The second kappa shape index (κ2) is 9.98. The van der Waals surface area contributed by atoms with E-state index in [-0.39, 0.29) is 19.3 Å². The van der Waals surface area contributed by atoms with Gasteiger partial charge in [0, 0.05) is 28.3 Å². The molecular formula is C23H28F2O4S. The molecule has 2 aromatic rings. The van der Waals surface area contributed by atoms with Crippen LogP contribution in [-0.4, -0.2) is 33.3 Å². The Balaban J connectivity index is 1.58. The highest BCUT2D eigenvalue weighted by Crippen LogP contribution is 2.49. The summed E-state index contributed by atoms with van der Waals surface area (Å²) < 4.78 is 30.1. The van der Waals surface area contributed by atoms with E-state index in [0.717, 1.165) is 15.0 Å². The molecule has 0 saturated heterocycles. The molecule has 164 valence electrons. The summed E-state index contributed by atoms with van der Waals surface area (Å²) in [4.78, 5) is 11.3. The van der Waals surface area contributed by atoms with E-state index in [1.54, 1.807) is 12.2 Å². The maximum Gasteiger partial charge on any atom is 0.303 e. The highest BCUT2D eigenvalue weighted by Gasteiger charge is 2.53. The Morgan fingerprint density at radius 3 is 2.80 bits per heavy atom. The SMILES string of the molecule is O=C(O)CCCC=CC[C@@H]1[C@@H](CCC(O)c2cc3ccccc3s2)C(F)(F)C[C@@H]1O. The zero-order valence-electron chi connectivity index (χ0n) is 16.7. The highest BCUT2D eigenvalue weighted by atomic mass is 32.1. The molecule has 0 spiro atoms. The first-order valence-electron chi connectivity index (χ1n) is 10.4. The van der Waals surface area contributed by atoms with Crippen LogP contribution in [0.1, 0.15) is 55.9 Å². The van der Waals surface area contributed by atoms with Gasteiger partial charge in [0.25, 0.3) is 5.92 Å². The Bertz CT molecular complexity index is 846. The molecule has 1 aliphatic rings. The third-order valence-electron chi connectivity index (χ3n) is 5.90. The second-order valence-electron chi connectivity index (χ2n) is 8.08. The van der Waals surface area contributed by atoms with Crippen LogP contribution >= 0.6 is 11.3 Å². The molecule has 0 aliphatic heterocycles. The summed E-state index contributed by atoms with van der Waals surface area (Å²) in [6.07, 6.45) is 2.98. The fraction of sp³-hybridized carbons (Fsp3) is 0.522. The number of rotatable bonds is 10. The molecule has 1 unspecified atom stereocenters. The molecule has 30 heavy (non-hydrogen) atoms. The van der Waals surface area contributed by atoms with Gasteiger partial charge in [-0.2, -0.15) is 0 Å². The van der Waals surface area contributed by atoms with E-state index in [1.165, 1.54) is 11.3 Å². The molecule has 1 aromatic heterocycles. The molecule has 4 nitrogen and oxygen atoms in total. The average molecular weight is 439 g/mol. The Morgan fingerprint density at radius 2 is 2.07 bits per heavy atom. The maximum absolute atomic E-state index is 14.5.